The number of amides is 1. The minimum Gasteiger partial charge on any atom is -0.369 e. The van der Waals surface area contributed by atoms with Crippen LogP contribution in [0.4, 0.5) is 0 Å². The van der Waals surface area contributed by atoms with Crippen molar-refractivity contribution in [2.75, 3.05) is 19.7 Å². The standard InChI is InChI=1S/C12H24N2O2/c1-9(2)16-8-12(15)14-7-11-10(3)5-4-6-13-11/h9-11,13H,4-8H2,1-3H3,(H,14,15). The molecule has 0 aromatic heterocycles. The highest BCUT2D eigenvalue weighted by Gasteiger charge is 2.20. The van der Waals surface area contributed by atoms with Crippen LogP contribution in [0.15, 0.2) is 0 Å². The van der Waals surface area contributed by atoms with Gasteiger partial charge in [0, 0.05) is 12.6 Å². The van der Waals surface area contributed by atoms with Gasteiger partial charge in [0.25, 0.3) is 0 Å². The molecular weight excluding hydrogens is 204 g/mol. The lowest BCUT2D eigenvalue weighted by molar-refractivity contribution is -0.127. The van der Waals surface area contributed by atoms with E-state index in [1.54, 1.807) is 0 Å². The van der Waals surface area contributed by atoms with Crippen molar-refractivity contribution in [1.29, 1.82) is 0 Å². The summed E-state index contributed by atoms with van der Waals surface area (Å²) in [5.41, 5.74) is 0. The highest BCUT2D eigenvalue weighted by atomic mass is 16.5. The second-order valence-electron chi connectivity index (χ2n) is 4.84. The van der Waals surface area contributed by atoms with E-state index in [0.717, 1.165) is 6.54 Å². The van der Waals surface area contributed by atoms with Crippen molar-refractivity contribution in [2.24, 2.45) is 5.92 Å². The first kappa shape index (κ1) is 13.5. The quantitative estimate of drug-likeness (QED) is 0.735. The fourth-order valence-electron chi connectivity index (χ4n) is 1.90. The van der Waals surface area contributed by atoms with Gasteiger partial charge in [0.2, 0.25) is 5.91 Å². The van der Waals surface area contributed by atoms with Gasteiger partial charge in [0.15, 0.2) is 0 Å². The Bertz CT molecular complexity index is 219. The van der Waals surface area contributed by atoms with E-state index in [2.05, 4.69) is 17.6 Å². The van der Waals surface area contributed by atoms with Crippen LogP contribution in [0.3, 0.4) is 0 Å². The third kappa shape index (κ3) is 4.94. The Kier molecular flexibility index (Phi) is 5.77. The first-order valence-electron chi connectivity index (χ1n) is 6.21. The smallest absolute Gasteiger partial charge is 0.246 e. The Morgan fingerprint density at radius 3 is 2.94 bits per heavy atom. The number of hydrogen-bond acceptors (Lipinski definition) is 3. The van der Waals surface area contributed by atoms with Crippen molar-refractivity contribution >= 4 is 5.91 Å². The molecule has 0 bridgehead atoms. The van der Waals surface area contributed by atoms with Gasteiger partial charge in [-0.1, -0.05) is 6.92 Å². The fourth-order valence-corrected chi connectivity index (χ4v) is 1.90. The van der Waals surface area contributed by atoms with Gasteiger partial charge < -0.3 is 15.4 Å². The molecule has 1 rings (SSSR count). The van der Waals surface area contributed by atoms with Crippen molar-refractivity contribution in [3.8, 4) is 0 Å². The molecule has 1 aliphatic heterocycles. The van der Waals surface area contributed by atoms with Gasteiger partial charge in [-0.05, 0) is 39.2 Å². The van der Waals surface area contributed by atoms with Crippen LogP contribution >= 0.6 is 0 Å². The molecule has 4 heteroatoms. The summed E-state index contributed by atoms with van der Waals surface area (Å²) in [7, 11) is 0. The largest absolute Gasteiger partial charge is 0.369 e. The number of carbonyl (C=O) groups is 1. The second kappa shape index (κ2) is 6.86. The van der Waals surface area contributed by atoms with Gasteiger partial charge in [-0.25, -0.2) is 0 Å². The molecule has 94 valence electrons. The van der Waals surface area contributed by atoms with Crippen LogP contribution in [0.1, 0.15) is 33.6 Å². The maximum atomic E-state index is 11.4. The summed E-state index contributed by atoms with van der Waals surface area (Å²) in [5, 5.41) is 6.35. The van der Waals surface area contributed by atoms with Gasteiger partial charge >= 0.3 is 0 Å². The summed E-state index contributed by atoms with van der Waals surface area (Å²) in [5.74, 6) is 0.619. The van der Waals surface area contributed by atoms with Crippen LogP contribution in [0.2, 0.25) is 0 Å². The molecule has 2 atom stereocenters. The SMILES string of the molecule is CC(C)OCC(=O)NCC1NCCCC1C. The first-order valence-corrected chi connectivity index (χ1v) is 6.21. The molecule has 1 saturated heterocycles. The van der Waals surface area contributed by atoms with Gasteiger partial charge in [0.1, 0.15) is 6.61 Å². The molecule has 16 heavy (non-hydrogen) atoms. The lowest BCUT2D eigenvalue weighted by Crippen LogP contribution is -2.48. The Balaban J connectivity index is 2.15. The highest BCUT2D eigenvalue weighted by molar-refractivity contribution is 5.77. The monoisotopic (exact) mass is 228 g/mol. The van der Waals surface area contributed by atoms with E-state index < -0.39 is 0 Å². The van der Waals surface area contributed by atoms with Crippen LogP contribution in [-0.2, 0) is 9.53 Å². The lowest BCUT2D eigenvalue weighted by atomic mass is 9.93. The van der Waals surface area contributed by atoms with Gasteiger partial charge in [0.05, 0.1) is 6.10 Å². The molecule has 0 radical (unpaired) electrons. The second-order valence-corrected chi connectivity index (χ2v) is 4.84. The van der Waals surface area contributed by atoms with E-state index in [1.165, 1.54) is 12.8 Å². The average Bonchev–Trinajstić information content (AvgIpc) is 2.25. The lowest BCUT2D eigenvalue weighted by Gasteiger charge is -2.30. The van der Waals surface area contributed by atoms with Gasteiger partial charge in [-0.3, -0.25) is 4.79 Å². The predicted molar refractivity (Wildman–Crippen MR) is 64.3 cm³/mol. The fraction of sp³-hybridized carbons (Fsp3) is 0.917. The topological polar surface area (TPSA) is 50.4 Å². The first-order chi connectivity index (χ1) is 7.59. The number of rotatable bonds is 5. The van der Waals surface area contributed by atoms with Crippen molar-refractivity contribution in [1.82, 2.24) is 10.6 Å². The van der Waals surface area contributed by atoms with Crippen LogP contribution in [0.25, 0.3) is 0 Å². The Morgan fingerprint density at radius 2 is 2.31 bits per heavy atom. The van der Waals surface area contributed by atoms with Gasteiger partial charge in [-0.15, -0.1) is 0 Å². The van der Waals surface area contributed by atoms with Crippen molar-refractivity contribution in [3.63, 3.8) is 0 Å². The molecule has 0 spiro atoms. The molecule has 4 nitrogen and oxygen atoms in total. The molecule has 1 aliphatic rings. The van der Waals surface area contributed by atoms with Crippen molar-refractivity contribution in [2.45, 2.75) is 45.8 Å². The van der Waals surface area contributed by atoms with Crippen LogP contribution in [-0.4, -0.2) is 37.7 Å². The predicted octanol–water partition coefficient (Wildman–Crippen LogP) is 0.916. The number of nitrogens with one attached hydrogen (secondary N) is 2. The van der Waals surface area contributed by atoms with Crippen molar-refractivity contribution < 1.29 is 9.53 Å². The van der Waals surface area contributed by atoms with Crippen LogP contribution in [0, 0.1) is 5.92 Å². The highest BCUT2D eigenvalue weighted by Crippen LogP contribution is 2.14. The molecule has 0 saturated carbocycles. The third-order valence-electron chi connectivity index (χ3n) is 3.00. The summed E-state index contributed by atoms with van der Waals surface area (Å²) < 4.78 is 5.24. The summed E-state index contributed by atoms with van der Waals surface area (Å²) in [6, 6.07) is 0.414. The average molecular weight is 228 g/mol. The van der Waals surface area contributed by atoms with E-state index >= 15 is 0 Å². The number of piperidine rings is 1. The number of carbonyl (C=O) groups excluding carboxylic acids is 1. The van der Waals surface area contributed by atoms with Crippen LogP contribution < -0.4 is 10.6 Å². The Morgan fingerprint density at radius 1 is 1.56 bits per heavy atom. The normalized spacial score (nSPS) is 25.8. The Hall–Kier alpha value is -0.610. The maximum absolute atomic E-state index is 11.4. The summed E-state index contributed by atoms with van der Waals surface area (Å²) >= 11 is 0. The minimum atomic E-state index is -0.0201. The number of ether oxygens (including phenoxy) is 1. The summed E-state index contributed by atoms with van der Waals surface area (Å²) in [4.78, 5) is 11.4. The summed E-state index contributed by atoms with van der Waals surface area (Å²) in [6.07, 6.45) is 2.59. The van der Waals surface area contributed by atoms with Crippen LogP contribution in [0.5, 0.6) is 0 Å². The Labute approximate surface area is 98.1 Å². The molecule has 2 unspecified atom stereocenters. The molecule has 2 N–H and O–H groups in total. The van der Waals surface area contributed by atoms with E-state index in [0.29, 0.717) is 18.5 Å². The zero-order chi connectivity index (χ0) is 12.0. The molecule has 1 amide bonds. The molecule has 0 aliphatic carbocycles. The zero-order valence-electron chi connectivity index (χ0n) is 10.6. The van der Waals surface area contributed by atoms with Gasteiger partial charge in [-0.2, -0.15) is 0 Å². The molecular formula is C12H24N2O2. The zero-order valence-corrected chi connectivity index (χ0v) is 10.6. The third-order valence-corrected chi connectivity index (χ3v) is 3.00. The van der Waals surface area contributed by atoms with Crippen molar-refractivity contribution in [3.05, 3.63) is 0 Å². The molecule has 0 aromatic carbocycles. The van der Waals surface area contributed by atoms with E-state index in [9.17, 15) is 4.79 Å². The molecule has 1 heterocycles. The minimum absolute atomic E-state index is 0.0201. The van der Waals surface area contributed by atoms with E-state index in [-0.39, 0.29) is 18.6 Å². The number of hydrogen-bond donors (Lipinski definition) is 2. The molecule has 1 fully saturated rings. The summed E-state index contributed by atoms with van der Waals surface area (Å²) in [6.45, 7) is 8.03. The van der Waals surface area contributed by atoms with E-state index in [1.807, 2.05) is 13.8 Å². The van der Waals surface area contributed by atoms with E-state index in [4.69, 9.17) is 4.74 Å². The maximum Gasteiger partial charge on any atom is 0.246 e. The molecule has 0 aromatic rings.